The Morgan fingerprint density at radius 2 is 2.05 bits per heavy atom. The van der Waals surface area contributed by atoms with Crippen LogP contribution in [0.15, 0.2) is 36.5 Å². The van der Waals surface area contributed by atoms with E-state index in [1.807, 2.05) is 18.3 Å². The van der Waals surface area contributed by atoms with Crippen molar-refractivity contribution in [2.75, 3.05) is 6.54 Å². The van der Waals surface area contributed by atoms with Gasteiger partial charge < -0.3 is 10.1 Å². The summed E-state index contributed by atoms with van der Waals surface area (Å²) in [6.07, 6.45) is 5.51. The largest absolute Gasteiger partial charge is 0.439 e. The number of rotatable bonds is 5. The third-order valence-electron chi connectivity index (χ3n) is 4.06. The fraction of sp³-hybridized carbons (Fsp3) is 0.389. The first-order valence-electron chi connectivity index (χ1n) is 7.75. The monoisotopic (exact) mass is 282 g/mol. The van der Waals surface area contributed by atoms with Crippen LogP contribution in [-0.2, 0) is 12.8 Å². The van der Waals surface area contributed by atoms with E-state index in [4.69, 9.17) is 4.74 Å². The SMILES string of the molecule is CCNC(C)c1ccc(Oc2ccc3c(c2)CCC3)nc1. The molecule has 0 saturated heterocycles. The summed E-state index contributed by atoms with van der Waals surface area (Å²) < 4.78 is 5.87. The summed E-state index contributed by atoms with van der Waals surface area (Å²) in [6, 6.07) is 10.7. The highest BCUT2D eigenvalue weighted by Crippen LogP contribution is 2.28. The number of aromatic nitrogens is 1. The second-order valence-electron chi connectivity index (χ2n) is 5.60. The highest BCUT2D eigenvalue weighted by atomic mass is 16.5. The van der Waals surface area contributed by atoms with E-state index in [-0.39, 0.29) is 0 Å². The smallest absolute Gasteiger partial charge is 0.219 e. The van der Waals surface area contributed by atoms with Gasteiger partial charge in [-0.2, -0.15) is 0 Å². The lowest BCUT2D eigenvalue weighted by Crippen LogP contribution is -2.17. The van der Waals surface area contributed by atoms with E-state index in [9.17, 15) is 0 Å². The van der Waals surface area contributed by atoms with Crippen molar-refractivity contribution in [2.45, 2.75) is 39.2 Å². The van der Waals surface area contributed by atoms with Crippen LogP contribution in [0.4, 0.5) is 0 Å². The van der Waals surface area contributed by atoms with Crippen LogP contribution in [0.2, 0.25) is 0 Å². The Labute approximate surface area is 126 Å². The minimum Gasteiger partial charge on any atom is -0.439 e. The molecule has 0 aliphatic heterocycles. The Kier molecular flexibility index (Phi) is 4.20. The van der Waals surface area contributed by atoms with E-state index in [1.54, 1.807) is 0 Å². The van der Waals surface area contributed by atoms with Gasteiger partial charge >= 0.3 is 0 Å². The maximum atomic E-state index is 5.87. The molecule has 1 heterocycles. The van der Waals surface area contributed by atoms with E-state index < -0.39 is 0 Å². The minimum atomic E-state index is 0.316. The van der Waals surface area contributed by atoms with Gasteiger partial charge in [0.2, 0.25) is 5.88 Å². The molecule has 0 bridgehead atoms. The molecule has 110 valence electrons. The highest BCUT2D eigenvalue weighted by molar-refractivity contribution is 5.39. The molecule has 0 saturated carbocycles. The summed E-state index contributed by atoms with van der Waals surface area (Å²) in [5, 5.41) is 3.38. The first-order valence-corrected chi connectivity index (χ1v) is 7.75. The quantitative estimate of drug-likeness (QED) is 0.899. The molecule has 3 heteroatoms. The molecular formula is C18H22N2O. The number of benzene rings is 1. The van der Waals surface area contributed by atoms with E-state index in [0.29, 0.717) is 11.9 Å². The zero-order chi connectivity index (χ0) is 14.7. The van der Waals surface area contributed by atoms with E-state index in [2.05, 4.69) is 42.3 Å². The lowest BCUT2D eigenvalue weighted by Gasteiger charge is -2.13. The number of hydrogen-bond donors (Lipinski definition) is 1. The Morgan fingerprint density at radius 3 is 2.81 bits per heavy atom. The third kappa shape index (κ3) is 3.24. The van der Waals surface area contributed by atoms with Gasteiger partial charge in [-0.25, -0.2) is 4.98 Å². The normalized spacial score (nSPS) is 14.8. The van der Waals surface area contributed by atoms with Crippen LogP contribution in [0.1, 0.15) is 43.0 Å². The molecule has 1 aromatic carbocycles. The molecule has 3 nitrogen and oxygen atoms in total. The molecule has 0 radical (unpaired) electrons. The van der Waals surface area contributed by atoms with Crippen LogP contribution in [0.3, 0.4) is 0 Å². The van der Waals surface area contributed by atoms with Crippen LogP contribution in [0.25, 0.3) is 0 Å². The summed E-state index contributed by atoms with van der Waals surface area (Å²) in [5.74, 6) is 1.54. The lowest BCUT2D eigenvalue weighted by atomic mass is 10.1. The minimum absolute atomic E-state index is 0.316. The standard InChI is InChI=1S/C18H22N2O/c1-3-19-13(2)16-8-10-18(20-12-16)21-17-9-7-14-5-4-6-15(14)11-17/h7-13,19H,3-6H2,1-2H3. The number of pyridine rings is 1. The molecule has 1 N–H and O–H groups in total. The Bertz CT molecular complexity index is 607. The fourth-order valence-electron chi connectivity index (χ4n) is 2.86. The molecule has 3 rings (SSSR count). The van der Waals surface area contributed by atoms with Crippen molar-refractivity contribution in [3.8, 4) is 11.6 Å². The molecule has 0 fully saturated rings. The number of fused-ring (bicyclic) bond motifs is 1. The van der Waals surface area contributed by atoms with Gasteiger partial charge in [0.1, 0.15) is 5.75 Å². The van der Waals surface area contributed by atoms with E-state index in [1.165, 1.54) is 36.0 Å². The topological polar surface area (TPSA) is 34.1 Å². The van der Waals surface area contributed by atoms with Gasteiger partial charge in [-0.1, -0.05) is 19.1 Å². The van der Waals surface area contributed by atoms with Gasteiger partial charge in [-0.05, 0) is 61.6 Å². The fourth-order valence-corrected chi connectivity index (χ4v) is 2.86. The Balaban J connectivity index is 1.70. The molecule has 1 aliphatic rings. The Hall–Kier alpha value is -1.87. The maximum Gasteiger partial charge on any atom is 0.219 e. The van der Waals surface area contributed by atoms with Crippen LogP contribution >= 0.6 is 0 Å². The number of hydrogen-bond acceptors (Lipinski definition) is 3. The lowest BCUT2D eigenvalue weighted by molar-refractivity contribution is 0.461. The van der Waals surface area contributed by atoms with Crippen LogP contribution < -0.4 is 10.1 Å². The van der Waals surface area contributed by atoms with E-state index >= 15 is 0 Å². The first-order chi connectivity index (χ1) is 10.3. The first kappa shape index (κ1) is 14.1. The second kappa shape index (κ2) is 6.27. The van der Waals surface area contributed by atoms with E-state index in [0.717, 1.165) is 12.3 Å². The number of ether oxygens (including phenoxy) is 1. The average Bonchev–Trinajstić information content (AvgIpc) is 2.96. The molecule has 0 spiro atoms. The number of nitrogens with zero attached hydrogens (tertiary/aromatic N) is 1. The van der Waals surface area contributed by atoms with Gasteiger partial charge in [0, 0.05) is 18.3 Å². The zero-order valence-corrected chi connectivity index (χ0v) is 12.7. The molecule has 2 aromatic rings. The molecule has 21 heavy (non-hydrogen) atoms. The van der Waals surface area contributed by atoms with Crippen molar-refractivity contribution in [1.29, 1.82) is 0 Å². The van der Waals surface area contributed by atoms with Crippen molar-refractivity contribution >= 4 is 0 Å². The zero-order valence-electron chi connectivity index (χ0n) is 12.7. The van der Waals surface area contributed by atoms with Crippen molar-refractivity contribution in [3.05, 3.63) is 53.2 Å². The molecule has 1 aliphatic carbocycles. The summed E-state index contributed by atoms with van der Waals surface area (Å²) in [5.41, 5.74) is 4.06. The van der Waals surface area contributed by atoms with Gasteiger partial charge in [0.15, 0.2) is 0 Å². The van der Waals surface area contributed by atoms with Crippen molar-refractivity contribution in [2.24, 2.45) is 0 Å². The van der Waals surface area contributed by atoms with Crippen molar-refractivity contribution in [1.82, 2.24) is 10.3 Å². The van der Waals surface area contributed by atoms with Crippen molar-refractivity contribution < 1.29 is 4.74 Å². The summed E-state index contributed by atoms with van der Waals surface area (Å²) in [6.45, 7) is 5.20. The van der Waals surface area contributed by atoms with Gasteiger partial charge in [0.05, 0.1) is 0 Å². The van der Waals surface area contributed by atoms with Crippen LogP contribution in [0.5, 0.6) is 11.6 Å². The van der Waals surface area contributed by atoms with Gasteiger partial charge in [0.25, 0.3) is 0 Å². The molecule has 1 atom stereocenters. The predicted octanol–water partition coefficient (Wildman–Crippen LogP) is 4.03. The highest BCUT2D eigenvalue weighted by Gasteiger charge is 2.12. The number of aryl methyl sites for hydroxylation is 2. The summed E-state index contributed by atoms with van der Waals surface area (Å²) >= 11 is 0. The van der Waals surface area contributed by atoms with Crippen molar-refractivity contribution in [3.63, 3.8) is 0 Å². The Morgan fingerprint density at radius 1 is 1.19 bits per heavy atom. The molecule has 0 amide bonds. The maximum absolute atomic E-state index is 5.87. The van der Waals surface area contributed by atoms with Crippen LogP contribution in [-0.4, -0.2) is 11.5 Å². The third-order valence-corrected chi connectivity index (χ3v) is 4.06. The average molecular weight is 282 g/mol. The second-order valence-corrected chi connectivity index (χ2v) is 5.60. The molecule has 1 unspecified atom stereocenters. The summed E-state index contributed by atoms with van der Waals surface area (Å²) in [4.78, 5) is 4.41. The summed E-state index contributed by atoms with van der Waals surface area (Å²) in [7, 11) is 0. The predicted molar refractivity (Wildman–Crippen MR) is 84.9 cm³/mol. The van der Waals surface area contributed by atoms with Gasteiger partial charge in [-0.15, -0.1) is 0 Å². The number of nitrogens with one attached hydrogen (secondary N) is 1. The molecule has 1 aromatic heterocycles. The van der Waals surface area contributed by atoms with Gasteiger partial charge in [-0.3, -0.25) is 0 Å². The van der Waals surface area contributed by atoms with Crippen LogP contribution in [0, 0.1) is 0 Å². The molecular weight excluding hydrogens is 260 g/mol.